The lowest BCUT2D eigenvalue weighted by molar-refractivity contribution is -0.134. The van der Waals surface area contributed by atoms with E-state index in [0.29, 0.717) is 12.0 Å². The second-order valence-electron chi connectivity index (χ2n) is 6.07. The summed E-state index contributed by atoms with van der Waals surface area (Å²) >= 11 is 1.74. The van der Waals surface area contributed by atoms with Crippen LogP contribution in [0.2, 0.25) is 0 Å². The first-order chi connectivity index (χ1) is 9.72. The Balaban J connectivity index is 1.89. The average molecular weight is 292 g/mol. The Morgan fingerprint density at radius 1 is 1.40 bits per heavy atom. The fraction of sp³-hybridized carbons (Fsp3) is 0.688. The molecule has 1 amide bonds. The van der Waals surface area contributed by atoms with Crippen LogP contribution in [0.15, 0.2) is 17.5 Å². The molecule has 20 heavy (non-hydrogen) atoms. The number of rotatable bonds is 3. The van der Waals surface area contributed by atoms with Gasteiger partial charge in [-0.3, -0.25) is 10.1 Å². The maximum Gasteiger partial charge on any atom is 0.241 e. The van der Waals surface area contributed by atoms with E-state index in [1.54, 1.807) is 11.3 Å². The van der Waals surface area contributed by atoms with E-state index in [-0.39, 0.29) is 18.1 Å². The number of thiophene rings is 1. The maximum absolute atomic E-state index is 12.6. The van der Waals surface area contributed by atoms with Crippen molar-refractivity contribution in [2.24, 2.45) is 5.92 Å². The van der Waals surface area contributed by atoms with Gasteiger partial charge >= 0.3 is 0 Å². The highest BCUT2D eigenvalue weighted by Crippen LogP contribution is 2.38. The highest BCUT2D eigenvalue weighted by Gasteiger charge is 2.44. The highest BCUT2D eigenvalue weighted by atomic mass is 32.1. The van der Waals surface area contributed by atoms with Gasteiger partial charge in [-0.05, 0) is 37.1 Å². The zero-order valence-corrected chi connectivity index (χ0v) is 13.2. The van der Waals surface area contributed by atoms with E-state index in [0.717, 1.165) is 0 Å². The van der Waals surface area contributed by atoms with Gasteiger partial charge in [0.05, 0.1) is 6.04 Å². The van der Waals surface area contributed by atoms with Crippen molar-refractivity contribution in [3.63, 3.8) is 0 Å². The molecular weight excluding hydrogens is 268 g/mol. The lowest BCUT2D eigenvalue weighted by Crippen LogP contribution is -2.45. The molecule has 4 heteroatoms. The summed E-state index contributed by atoms with van der Waals surface area (Å²) < 4.78 is 0. The Bertz CT molecular complexity index is 459. The largest absolute Gasteiger partial charge is 0.317 e. The molecule has 4 unspecified atom stereocenters. The summed E-state index contributed by atoms with van der Waals surface area (Å²) in [5, 5.41) is 5.58. The second-order valence-corrected chi connectivity index (χ2v) is 7.05. The minimum Gasteiger partial charge on any atom is -0.317 e. The van der Waals surface area contributed by atoms with Gasteiger partial charge in [-0.25, -0.2) is 0 Å². The molecule has 0 spiro atoms. The van der Waals surface area contributed by atoms with Gasteiger partial charge in [0.15, 0.2) is 0 Å². The van der Waals surface area contributed by atoms with Crippen molar-refractivity contribution in [1.82, 2.24) is 10.2 Å². The SMILES string of the molecule is CCC1CCCCC1N1C(=O)C(C)NC1c1cccs1. The highest BCUT2D eigenvalue weighted by molar-refractivity contribution is 7.10. The second kappa shape index (κ2) is 5.86. The number of carbonyl (C=O) groups excluding carboxylic acids is 1. The maximum atomic E-state index is 12.6. The molecule has 1 N–H and O–H groups in total. The van der Waals surface area contributed by atoms with E-state index in [4.69, 9.17) is 0 Å². The van der Waals surface area contributed by atoms with E-state index in [1.165, 1.54) is 37.0 Å². The standard InChI is InChI=1S/C16H24N2OS/c1-3-12-7-4-5-8-13(12)18-15(14-9-6-10-20-14)17-11(2)16(18)19/h6,9-13,15,17H,3-5,7-8H2,1-2H3. The van der Waals surface area contributed by atoms with Crippen LogP contribution in [0.4, 0.5) is 0 Å². The third-order valence-corrected chi connectivity index (χ3v) is 5.80. The summed E-state index contributed by atoms with van der Waals surface area (Å²) in [4.78, 5) is 16.1. The topological polar surface area (TPSA) is 32.3 Å². The first-order valence-corrected chi connectivity index (χ1v) is 8.72. The van der Waals surface area contributed by atoms with Gasteiger partial charge in [-0.2, -0.15) is 0 Å². The molecular formula is C16H24N2OS. The summed E-state index contributed by atoms with van der Waals surface area (Å²) in [6, 6.07) is 4.59. The fourth-order valence-corrected chi connectivity index (χ4v) is 4.57. The smallest absolute Gasteiger partial charge is 0.241 e. The van der Waals surface area contributed by atoms with Crippen LogP contribution >= 0.6 is 11.3 Å². The Kier molecular flexibility index (Phi) is 4.13. The summed E-state index contributed by atoms with van der Waals surface area (Å²) in [7, 11) is 0. The van der Waals surface area contributed by atoms with Crippen LogP contribution in [0.25, 0.3) is 0 Å². The Labute approximate surface area is 125 Å². The summed E-state index contributed by atoms with van der Waals surface area (Å²) in [6.45, 7) is 4.26. The van der Waals surface area contributed by atoms with E-state index in [9.17, 15) is 4.79 Å². The van der Waals surface area contributed by atoms with Crippen molar-refractivity contribution in [1.29, 1.82) is 0 Å². The molecule has 2 fully saturated rings. The summed E-state index contributed by atoms with van der Waals surface area (Å²) in [5.41, 5.74) is 0. The van der Waals surface area contributed by atoms with Crippen LogP contribution in [0.5, 0.6) is 0 Å². The molecule has 4 atom stereocenters. The van der Waals surface area contributed by atoms with E-state index >= 15 is 0 Å². The van der Waals surface area contributed by atoms with E-state index in [1.807, 2.05) is 6.92 Å². The molecule has 1 aromatic heterocycles. The summed E-state index contributed by atoms with van der Waals surface area (Å²) in [5.74, 6) is 0.955. The number of nitrogens with one attached hydrogen (secondary N) is 1. The van der Waals surface area contributed by atoms with Crippen molar-refractivity contribution in [3.8, 4) is 0 Å². The van der Waals surface area contributed by atoms with Crippen molar-refractivity contribution < 1.29 is 4.79 Å². The molecule has 1 saturated heterocycles. The molecule has 0 radical (unpaired) electrons. The monoisotopic (exact) mass is 292 g/mol. The zero-order valence-electron chi connectivity index (χ0n) is 12.3. The van der Waals surface area contributed by atoms with Crippen LogP contribution in [0.1, 0.15) is 57.0 Å². The fourth-order valence-electron chi connectivity index (χ4n) is 3.79. The summed E-state index contributed by atoms with van der Waals surface area (Å²) in [6.07, 6.45) is 6.30. The molecule has 3 rings (SSSR count). The number of carbonyl (C=O) groups is 1. The van der Waals surface area contributed by atoms with Crippen molar-refractivity contribution in [2.45, 2.75) is 64.2 Å². The Hall–Kier alpha value is -0.870. The van der Waals surface area contributed by atoms with Gasteiger partial charge in [0.1, 0.15) is 6.17 Å². The molecule has 1 aliphatic carbocycles. The average Bonchev–Trinajstić information content (AvgIpc) is 3.08. The Morgan fingerprint density at radius 3 is 2.90 bits per heavy atom. The van der Waals surface area contributed by atoms with E-state index < -0.39 is 0 Å². The first-order valence-electron chi connectivity index (χ1n) is 7.84. The zero-order chi connectivity index (χ0) is 14.1. The van der Waals surface area contributed by atoms with Crippen molar-refractivity contribution in [2.75, 3.05) is 0 Å². The number of nitrogens with zero attached hydrogens (tertiary/aromatic N) is 1. The predicted molar refractivity (Wildman–Crippen MR) is 82.5 cm³/mol. The van der Waals surface area contributed by atoms with Crippen LogP contribution in [-0.2, 0) is 4.79 Å². The van der Waals surface area contributed by atoms with Crippen LogP contribution in [-0.4, -0.2) is 22.9 Å². The van der Waals surface area contributed by atoms with Gasteiger partial charge in [-0.1, -0.05) is 32.3 Å². The molecule has 0 aromatic carbocycles. The van der Waals surface area contributed by atoms with Gasteiger partial charge < -0.3 is 4.90 Å². The lowest BCUT2D eigenvalue weighted by atomic mass is 9.81. The molecule has 1 aliphatic heterocycles. The number of hydrogen-bond acceptors (Lipinski definition) is 3. The molecule has 1 saturated carbocycles. The molecule has 2 heterocycles. The molecule has 110 valence electrons. The molecule has 3 nitrogen and oxygen atoms in total. The molecule has 2 aliphatic rings. The van der Waals surface area contributed by atoms with Gasteiger partial charge in [0, 0.05) is 10.9 Å². The van der Waals surface area contributed by atoms with Crippen LogP contribution in [0, 0.1) is 5.92 Å². The van der Waals surface area contributed by atoms with Gasteiger partial charge in [0.2, 0.25) is 5.91 Å². The minimum absolute atomic E-state index is 0.0541. The normalized spacial score (nSPS) is 34.7. The lowest BCUT2D eigenvalue weighted by Gasteiger charge is -2.40. The Morgan fingerprint density at radius 2 is 2.20 bits per heavy atom. The molecule has 0 bridgehead atoms. The third-order valence-electron chi connectivity index (χ3n) is 4.87. The number of amides is 1. The predicted octanol–water partition coefficient (Wildman–Crippen LogP) is 3.54. The van der Waals surface area contributed by atoms with Crippen molar-refractivity contribution >= 4 is 17.2 Å². The van der Waals surface area contributed by atoms with Gasteiger partial charge in [-0.15, -0.1) is 11.3 Å². The van der Waals surface area contributed by atoms with Gasteiger partial charge in [0.25, 0.3) is 0 Å². The number of hydrogen-bond donors (Lipinski definition) is 1. The quantitative estimate of drug-likeness (QED) is 0.924. The van der Waals surface area contributed by atoms with Crippen LogP contribution in [0.3, 0.4) is 0 Å². The van der Waals surface area contributed by atoms with Crippen molar-refractivity contribution in [3.05, 3.63) is 22.4 Å². The first kappa shape index (κ1) is 14.1. The van der Waals surface area contributed by atoms with E-state index in [2.05, 4.69) is 34.7 Å². The van der Waals surface area contributed by atoms with Crippen LogP contribution < -0.4 is 5.32 Å². The molecule has 1 aromatic rings. The minimum atomic E-state index is -0.0541. The third kappa shape index (κ3) is 2.40.